The summed E-state index contributed by atoms with van der Waals surface area (Å²) in [6.45, 7) is 0.942. The molecule has 2 N–H and O–H groups in total. The van der Waals surface area contributed by atoms with Crippen LogP contribution in [-0.4, -0.2) is 14.5 Å². The van der Waals surface area contributed by atoms with Crippen LogP contribution in [0.4, 0.5) is 0 Å². The van der Waals surface area contributed by atoms with E-state index in [1.54, 1.807) is 12.5 Å². The van der Waals surface area contributed by atoms with Crippen molar-refractivity contribution in [1.82, 2.24) is 9.55 Å². The molecule has 0 atom stereocenters. The van der Waals surface area contributed by atoms with Crippen molar-refractivity contribution in [2.24, 2.45) is 5.73 Å². The average molecular weight is 206 g/mol. The predicted octanol–water partition coefficient (Wildman–Crippen LogP) is 1.37. The van der Waals surface area contributed by atoms with E-state index in [9.17, 15) is 0 Å². The number of halogens is 1. The largest absolute Gasteiger partial charge is 0.393 e. The number of aryl methyl sites for hydroxylation is 1. The molecule has 0 spiro atoms. The summed E-state index contributed by atoms with van der Waals surface area (Å²) >= 11 is 4.74. The molecule has 0 radical (unpaired) electrons. The summed E-state index contributed by atoms with van der Waals surface area (Å²) in [7, 11) is 0. The van der Waals surface area contributed by atoms with Gasteiger partial charge in [0.15, 0.2) is 0 Å². The summed E-state index contributed by atoms with van der Waals surface area (Å²) < 4.78 is 2.01. The van der Waals surface area contributed by atoms with Crippen LogP contribution >= 0.6 is 24.6 Å². The van der Waals surface area contributed by atoms with Gasteiger partial charge in [0.05, 0.1) is 11.3 Å². The van der Waals surface area contributed by atoms with Crippen molar-refractivity contribution in [1.29, 1.82) is 0 Å². The summed E-state index contributed by atoms with van der Waals surface area (Å²) in [5.74, 6) is 0. The minimum Gasteiger partial charge on any atom is -0.393 e. The molecule has 1 rings (SSSR count). The molecule has 0 aliphatic heterocycles. The molecule has 0 aromatic carbocycles. The highest BCUT2D eigenvalue weighted by atomic mass is 35.5. The Balaban J connectivity index is 0.00000121. The first kappa shape index (κ1) is 11.4. The van der Waals surface area contributed by atoms with Gasteiger partial charge in [0.1, 0.15) is 0 Å². The van der Waals surface area contributed by atoms with Gasteiger partial charge in [-0.2, -0.15) is 0 Å². The number of nitrogens with two attached hydrogens (primary N) is 1. The Kier molecular flexibility index (Phi) is 5.66. The number of rotatable bonds is 4. The van der Waals surface area contributed by atoms with E-state index in [1.165, 1.54) is 0 Å². The minimum absolute atomic E-state index is 0. The number of aromatic nitrogens is 2. The summed E-state index contributed by atoms with van der Waals surface area (Å²) in [5.41, 5.74) is 5.34. The molecule has 0 fully saturated rings. The normalized spacial score (nSPS) is 9.00. The first-order valence-electron chi connectivity index (χ1n) is 3.53. The monoisotopic (exact) mass is 205 g/mol. The van der Waals surface area contributed by atoms with E-state index >= 15 is 0 Å². The van der Waals surface area contributed by atoms with E-state index in [2.05, 4.69) is 4.98 Å². The van der Waals surface area contributed by atoms with Gasteiger partial charge in [-0.15, -0.1) is 12.4 Å². The molecule has 3 nitrogen and oxygen atoms in total. The lowest BCUT2D eigenvalue weighted by Gasteiger charge is -1.99. The second kappa shape index (κ2) is 5.97. The fraction of sp³-hybridized carbons (Fsp3) is 0.429. The van der Waals surface area contributed by atoms with E-state index in [4.69, 9.17) is 18.0 Å². The average Bonchev–Trinajstić information content (AvgIpc) is 2.39. The molecule has 68 valence electrons. The van der Waals surface area contributed by atoms with Crippen molar-refractivity contribution < 1.29 is 0 Å². The van der Waals surface area contributed by atoms with Crippen molar-refractivity contribution in [3.05, 3.63) is 18.7 Å². The molecule has 0 saturated heterocycles. The van der Waals surface area contributed by atoms with Crippen molar-refractivity contribution >= 4 is 29.6 Å². The zero-order valence-corrected chi connectivity index (χ0v) is 8.27. The highest BCUT2D eigenvalue weighted by molar-refractivity contribution is 7.80. The van der Waals surface area contributed by atoms with Gasteiger partial charge in [0, 0.05) is 18.9 Å². The highest BCUT2D eigenvalue weighted by Crippen LogP contribution is 1.94. The predicted molar refractivity (Wildman–Crippen MR) is 55.5 cm³/mol. The zero-order chi connectivity index (χ0) is 8.10. The molecule has 5 heteroatoms. The third-order valence-electron chi connectivity index (χ3n) is 1.40. The summed E-state index contributed by atoms with van der Waals surface area (Å²) in [6, 6.07) is 0. The zero-order valence-electron chi connectivity index (χ0n) is 6.64. The van der Waals surface area contributed by atoms with Gasteiger partial charge < -0.3 is 10.3 Å². The maximum Gasteiger partial charge on any atom is 0.0945 e. The van der Waals surface area contributed by atoms with E-state index < -0.39 is 0 Å². The van der Waals surface area contributed by atoms with Gasteiger partial charge in [-0.25, -0.2) is 4.98 Å². The summed E-state index contributed by atoms with van der Waals surface area (Å²) in [6.07, 6.45) is 7.29. The van der Waals surface area contributed by atoms with Crippen LogP contribution in [0, 0.1) is 0 Å². The summed E-state index contributed by atoms with van der Waals surface area (Å²) in [4.78, 5) is 4.51. The number of hydrogen-bond acceptors (Lipinski definition) is 2. The molecule has 0 amide bonds. The molecule has 12 heavy (non-hydrogen) atoms. The van der Waals surface area contributed by atoms with Gasteiger partial charge in [-0.1, -0.05) is 12.2 Å². The first-order valence-corrected chi connectivity index (χ1v) is 3.94. The van der Waals surface area contributed by atoms with Crippen molar-refractivity contribution in [3.63, 3.8) is 0 Å². The Bertz CT molecular complexity index is 223. The molecule has 1 aromatic rings. The minimum atomic E-state index is 0. The molecule has 0 aliphatic rings. The van der Waals surface area contributed by atoms with Crippen LogP contribution in [0.3, 0.4) is 0 Å². The molecule has 1 heterocycles. The number of thiocarbonyl (C=S) groups is 1. The maximum atomic E-state index is 5.34. The summed E-state index contributed by atoms with van der Waals surface area (Å²) in [5, 5.41) is 0. The third-order valence-corrected chi connectivity index (χ3v) is 1.60. The Morgan fingerprint density at radius 2 is 2.33 bits per heavy atom. The fourth-order valence-electron chi connectivity index (χ4n) is 0.855. The Hall–Kier alpha value is -0.610. The Morgan fingerprint density at radius 1 is 1.58 bits per heavy atom. The third kappa shape index (κ3) is 4.31. The topological polar surface area (TPSA) is 43.8 Å². The van der Waals surface area contributed by atoms with E-state index in [-0.39, 0.29) is 12.4 Å². The van der Waals surface area contributed by atoms with Crippen molar-refractivity contribution in [3.8, 4) is 0 Å². The molecule has 1 aromatic heterocycles. The van der Waals surface area contributed by atoms with E-state index in [0.29, 0.717) is 4.99 Å². The van der Waals surface area contributed by atoms with Gasteiger partial charge in [-0.3, -0.25) is 0 Å². The molecule has 0 unspecified atom stereocenters. The quantitative estimate of drug-likeness (QED) is 0.756. The number of imidazole rings is 1. The molecule has 0 bridgehead atoms. The Morgan fingerprint density at radius 3 is 2.83 bits per heavy atom. The Labute approximate surface area is 83.4 Å². The van der Waals surface area contributed by atoms with Crippen LogP contribution in [0.2, 0.25) is 0 Å². The van der Waals surface area contributed by atoms with Crippen LogP contribution in [0.1, 0.15) is 12.8 Å². The first-order chi connectivity index (χ1) is 5.29. The van der Waals surface area contributed by atoms with Gasteiger partial charge in [-0.05, 0) is 12.8 Å². The van der Waals surface area contributed by atoms with Crippen LogP contribution in [0.15, 0.2) is 18.7 Å². The lowest BCUT2D eigenvalue weighted by molar-refractivity contribution is 0.659. The van der Waals surface area contributed by atoms with Crippen LogP contribution in [0.5, 0.6) is 0 Å². The molecule has 0 aliphatic carbocycles. The SMILES string of the molecule is Cl.NC(=S)CCCn1ccnc1. The van der Waals surface area contributed by atoms with E-state index in [1.807, 2.05) is 10.8 Å². The number of nitrogens with zero attached hydrogens (tertiary/aromatic N) is 2. The molecular formula is C7H12ClN3S. The lowest BCUT2D eigenvalue weighted by atomic mass is 10.3. The highest BCUT2D eigenvalue weighted by Gasteiger charge is 1.91. The molecular weight excluding hydrogens is 194 g/mol. The second-order valence-corrected chi connectivity index (χ2v) is 2.89. The number of hydrogen-bond donors (Lipinski definition) is 1. The van der Waals surface area contributed by atoms with Crippen LogP contribution in [0.25, 0.3) is 0 Å². The van der Waals surface area contributed by atoms with Crippen molar-refractivity contribution in [2.45, 2.75) is 19.4 Å². The van der Waals surface area contributed by atoms with Crippen molar-refractivity contribution in [2.75, 3.05) is 0 Å². The fourth-order valence-corrected chi connectivity index (χ4v) is 0.999. The standard InChI is InChI=1S/C7H11N3S.ClH/c8-7(11)2-1-4-10-5-3-9-6-10;/h3,5-6H,1-2,4H2,(H2,8,11);1H. The van der Waals surface area contributed by atoms with Gasteiger partial charge in [0.2, 0.25) is 0 Å². The smallest absolute Gasteiger partial charge is 0.0945 e. The lowest BCUT2D eigenvalue weighted by Crippen LogP contribution is -2.08. The van der Waals surface area contributed by atoms with Gasteiger partial charge >= 0.3 is 0 Å². The maximum absolute atomic E-state index is 5.34. The van der Waals surface area contributed by atoms with Gasteiger partial charge in [0.25, 0.3) is 0 Å². The molecule has 0 saturated carbocycles. The second-order valence-electron chi connectivity index (χ2n) is 2.37. The van der Waals surface area contributed by atoms with Crippen LogP contribution in [-0.2, 0) is 6.54 Å². The van der Waals surface area contributed by atoms with E-state index in [0.717, 1.165) is 19.4 Å². The van der Waals surface area contributed by atoms with Crippen LogP contribution < -0.4 is 5.73 Å².